The summed E-state index contributed by atoms with van der Waals surface area (Å²) in [4.78, 5) is 0. The van der Waals surface area contributed by atoms with Crippen molar-refractivity contribution in [1.82, 2.24) is 0 Å². The molecule has 2 unspecified atom stereocenters. The Morgan fingerprint density at radius 3 is 1.37 bits per heavy atom. The van der Waals surface area contributed by atoms with Gasteiger partial charge in [0.2, 0.25) is 0 Å². The molecule has 30 heavy (non-hydrogen) atoms. The van der Waals surface area contributed by atoms with Crippen molar-refractivity contribution < 1.29 is 0 Å². The predicted octanol–water partition coefficient (Wildman–Crippen LogP) is 10.5. The van der Waals surface area contributed by atoms with Gasteiger partial charge in [-0.25, -0.2) is 0 Å². The summed E-state index contributed by atoms with van der Waals surface area (Å²) in [5, 5.41) is 0. The molecule has 0 fully saturated rings. The van der Waals surface area contributed by atoms with Crippen LogP contribution in [-0.4, -0.2) is 0 Å². The normalized spacial score (nSPS) is 13.1. The molecule has 2 radical (unpaired) electrons. The molecule has 0 heterocycles. The predicted molar refractivity (Wildman–Crippen MR) is 138 cm³/mol. The van der Waals surface area contributed by atoms with Gasteiger partial charge >= 0.3 is 0 Å². The van der Waals surface area contributed by atoms with Gasteiger partial charge in [-0.15, -0.1) is 11.8 Å². The molecule has 0 aromatic heterocycles. The molecule has 0 aliphatic carbocycles. The van der Waals surface area contributed by atoms with Gasteiger partial charge < -0.3 is 0 Å². The highest BCUT2D eigenvalue weighted by atomic mass is 14.2. The highest BCUT2D eigenvalue weighted by Crippen LogP contribution is 2.27. The largest absolute Gasteiger partial charge is 0.103 e. The van der Waals surface area contributed by atoms with E-state index in [0.29, 0.717) is 0 Å². The molecule has 0 aliphatic rings. The first-order valence-electron chi connectivity index (χ1n) is 13.8. The molecule has 0 saturated carbocycles. The molecule has 0 heteroatoms. The van der Waals surface area contributed by atoms with Crippen molar-refractivity contribution in [1.29, 1.82) is 0 Å². The monoisotopic (exact) mass is 416 g/mol. The van der Waals surface area contributed by atoms with E-state index in [1.807, 2.05) is 0 Å². The summed E-state index contributed by atoms with van der Waals surface area (Å²) in [6, 6.07) is 0. The lowest BCUT2D eigenvalue weighted by molar-refractivity contribution is 0.288. The van der Waals surface area contributed by atoms with E-state index in [9.17, 15) is 0 Å². The van der Waals surface area contributed by atoms with Gasteiger partial charge in [0.25, 0.3) is 0 Å². The Balaban J connectivity index is 3.61. The summed E-state index contributed by atoms with van der Waals surface area (Å²) in [6.07, 6.45) is 29.4. The van der Waals surface area contributed by atoms with Crippen LogP contribution in [0.2, 0.25) is 0 Å². The van der Waals surface area contributed by atoms with Gasteiger partial charge in [0, 0.05) is 12.8 Å². The van der Waals surface area contributed by atoms with Crippen LogP contribution in [0.4, 0.5) is 0 Å². The Kier molecular flexibility index (Phi) is 24.5. The topological polar surface area (TPSA) is 0 Å². The molecular weight excluding hydrogens is 360 g/mol. The minimum Gasteiger partial charge on any atom is -0.103 e. The fourth-order valence-electron chi connectivity index (χ4n) is 4.41. The summed E-state index contributed by atoms with van der Waals surface area (Å²) >= 11 is 0. The fourth-order valence-corrected chi connectivity index (χ4v) is 4.41. The lowest BCUT2D eigenvalue weighted by Gasteiger charge is -2.23. The van der Waals surface area contributed by atoms with Crippen molar-refractivity contribution in [2.75, 3.05) is 0 Å². The van der Waals surface area contributed by atoms with Gasteiger partial charge in [0.15, 0.2) is 0 Å². The number of unbranched alkanes of at least 4 members (excludes halogenated alkanes) is 16. The van der Waals surface area contributed by atoms with E-state index in [-0.39, 0.29) is 0 Å². The second kappa shape index (κ2) is 24.8. The van der Waals surface area contributed by atoms with Crippen LogP contribution >= 0.6 is 0 Å². The van der Waals surface area contributed by atoms with Gasteiger partial charge in [-0.2, -0.15) is 0 Å². The molecule has 0 N–H and O–H groups in total. The van der Waals surface area contributed by atoms with Crippen molar-refractivity contribution in [2.45, 2.75) is 155 Å². The van der Waals surface area contributed by atoms with Crippen LogP contribution in [0.15, 0.2) is 0 Å². The Bertz CT molecular complexity index is 371. The summed E-state index contributed by atoms with van der Waals surface area (Å²) in [5.41, 5.74) is 0. The second-order valence-electron chi connectivity index (χ2n) is 9.59. The number of hydrogen-bond acceptors (Lipinski definition) is 0. The summed E-state index contributed by atoms with van der Waals surface area (Å²) in [7, 11) is 0. The van der Waals surface area contributed by atoms with E-state index >= 15 is 0 Å². The Morgan fingerprint density at radius 1 is 0.533 bits per heavy atom. The van der Waals surface area contributed by atoms with Crippen LogP contribution in [0.25, 0.3) is 0 Å². The maximum atomic E-state index is 3.94. The SMILES string of the molecule is [CH2]CCCCC#CCCCCCCCCC(CCCCCCCCC[CH2])C(C)CC. The zero-order valence-electron chi connectivity index (χ0n) is 21.1. The molecule has 0 aromatic carbocycles. The molecule has 0 aliphatic heterocycles. The third kappa shape index (κ3) is 20.8. The average Bonchev–Trinajstić information content (AvgIpc) is 2.76. The summed E-state index contributed by atoms with van der Waals surface area (Å²) < 4.78 is 0. The molecule has 0 rings (SSSR count). The van der Waals surface area contributed by atoms with E-state index in [1.54, 1.807) is 0 Å². The van der Waals surface area contributed by atoms with Crippen molar-refractivity contribution in [3.8, 4) is 11.8 Å². The third-order valence-electron chi connectivity index (χ3n) is 6.83. The van der Waals surface area contributed by atoms with Crippen LogP contribution in [0.1, 0.15) is 155 Å². The van der Waals surface area contributed by atoms with Gasteiger partial charge in [-0.05, 0) is 24.7 Å². The first-order chi connectivity index (χ1) is 14.8. The third-order valence-corrected chi connectivity index (χ3v) is 6.83. The van der Waals surface area contributed by atoms with Crippen molar-refractivity contribution in [3.63, 3.8) is 0 Å². The maximum Gasteiger partial charge on any atom is 0.00886 e. The highest BCUT2D eigenvalue weighted by molar-refractivity contribution is 4.98. The minimum absolute atomic E-state index is 0.911. The van der Waals surface area contributed by atoms with Crippen LogP contribution < -0.4 is 0 Å². The van der Waals surface area contributed by atoms with E-state index in [4.69, 9.17) is 0 Å². The van der Waals surface area contributed by atoms with Crippen LogP contribution in [0, 0.1) is 37.5 Å². The van der Waals surface area contributed by atoms with Crippen molar-refractivity contribution in [2.24, 2.45) is 11.8 Å². The van der Waals surface area contributed by atoms with Crippen molar-refractivity contribution in [3.05, 3.63) is 13.8 Å². The molecular formula is C30H56. The molecule has 2 atom stereocenters. The lowest BCUT2D eigenvalue weighted by atomic mass is 9.83. The zero-order valence-corrected chi connectivity index (χ0v) is 21.1. The van der Waals surface area contributed by atoms with Gasteiger partial charge in [0.1, 0.15) is 0 Å². The van der Waals surface area contributed by atoms with Gasteiger partial charge in [0.05, 0.1) is 0 Å². The van der Waals surface area contributed by atoms with Crippen molar-refractivity contribution >= 4 is 0 Å². The van der Waals surface area contributed by atoms with Gasteiger partial charge in [-0.3, -0.25) is 0 Å². The van der Waals surface area contributed by atoms with Crippen LogP contribution in [-0.2, 0) is 0 Å². The smallest absolute Gasteiger partial charge is 0.00886 e. The molecule has 0 amide bonds. The molecule has 176 valence electrons. The summed E-state index contributed by atoms with van der Waals surface area (Å²) in [6.45, 7) is 12.7. The van der Waals surface area contributed by atoms with E-state index in [0.717, 1.165) is 37.5 Å². The molecule has 0 saturated heterocycles. The minimum atomic E-state index is 0.911. The standard InChI is InChI=1S/C30H56/c1-5-8-10-12-14-16-17-18-19-20-22-24-26-28-30(29(4)7-3)27-25-23-21-15-13-11-9-6-2/h29-30H,1-2,5-13,15,17-28H2,3-4H3. The number of rotatable bonds is 22. The van der Waals surface area contributed by atoms with Crippen LogP contribution in [0.3, 0.4) is 0 Å². The zero-order chi connectivity index (χ0) is 22.1. The quantitative estimate of drug-likeness (QED) is 0.122. The molecule has 0 nitrogen and oxygen atoms in total. The molecule has 0 aromatic rings. The highest BCUT2D eigenvalue weighted by Gasteiger charge is 2.15. The average molecular weight is 417 g/mol. The maximum absolute atomic E-state index is 3.94. The Labute approximate surface area is 192 Å². The molecule has 0 spiro atoms. The van der Waals surface area contributed by atoms with E-state index < -0.39 is 0 Å². The lowest BCUT2D eigenvalue weighted by Crippen LogP contribution is -2.11. The number of hydrogen-bond donors (Lipinski definition) is 0. The van der Waals surface area contributed by atoms with E-state index in [2.05, 4.69) is 39.5 Å². The first-order valence-corrected chi connectivity index (χ1v) is 13.8. The Morgan fingerprint density at radius 2 is 0.900 bits per heavy atom. The van der Waals surface area contributed by atoms with Crippen LogP contribution in [0.5, 0.6) is 0 Å². The summed E-state index contributed by atoms with van der Waals surface area (Å²) in [5.74, 6) is 8.55. The first kappa shape index (κ1) is 29.6. The fraction of sp³-hybridized carbons (Fsp3) is 0.867. The van der Waals surface area contributed by atoms with Gasteiger partial charge in [-0.1, -0.05) is 143 Å². The molecule has 0 bridgehead atoms. The second-order valence-corrected chi connectivity index (χ2v) is 9.59. The Hall–Kier alpha value is -0.440. The van der Waals surface area contributed by atoms with E-state index in [1.165, 1.54) is 116 Å².